The van der Waals surface area contributed by atoms with Gasteiger partial charge in [0.25, 0.3) is 0 Å². The summed E-state index contributed by atoms with van der Waals surface area (Å²) in [6.45, 7) is 1.78. The standard InChI is InChI=1S/C22H22N4O/c1-25-15-17(14-23-25)10-11-22(27)24-20-8-4-2-7-19(20)16-26-13-12-18-6-3-5-9-21(18)26/h2-11,14-15H,12-13,16H2,1H3,(H,24,27). The first-order valence-electron chi connectivity index (χ1n) is 9.07. The summed E-state index contributed by atoms with van der Waals surface area (Å²) in [6, 6.07) is 16.5. The topological polar surface area (TPSA) is 50.2 Å². The maximum absolute atomic E-state index is 12.3. The summed E-state index contributed by atoms with van der Waals surface area (Å²) in [5, 5.41) is 7.10. The summed E-state index contributed by atoms with van der Waals surface area (Å²) in [6.07, 6.45) is 7.96. The normalized spacial score (nSPS) is 13.1. The first kappa shape index (κ1) is 17.1. The lowest BCUT2D eigenvalue weighted by Gasteiger charge is -2.21. The van der Waals surface area contributed by atoms with E-state index >= 15 is 0 Å². The summed E-state index contributed by atoms with van der Waals surface area (Å²) in [5.74, 6) is -0.145. The Bertz CT molecular complexity index is 989. The number of hydrogen-bond donors (Lipinski definition) is 1. The van der Waals surface area contributed by atoms with Crippen LogP contribution >= 0.6 is 0 Å². The zero-order valence-electron chi connectivity index (χ0n) is 15.3. The molecule has 136 valence electrons. The number of anilines is 2. The molecule has 1 N–H and O–H groups in total. The molecule has 0 saturated carbocycles. The second kappa shape index (κ2) is 7.50. The van der Waals surface area contributed by atoms with Crippen molar-refractivity contribution in [2.24, 2.45) is 7.05 Å². The molecule has 1 aromatic heterocycles. The number of nitrogens with one attached hydrogen (secondary N) is 1. The third kappa shape index (κ3) is 3.92. The number of hydrogen-bond acceptors (Lipinski definition) is 3. The molecule has 1 amide bonds. The van der Waals surface area contributed by atoms with Crippen LogP contribution in [0.15, 0.2) is 67.0 Å². The predicted octanol–water partition coefficient (Wildman–Crippen LogP) is 3.63. The van der Waals surface area contributed by atoms with Crippen LogP contribution in [0.2, 0.25) is 0 Å². The highest BCUT2D eigenvalue weighted by Crippen LogP contribution is 2.30. The van der Waals surface area contributed by atoms with Gasteiger partial charge >= 0.3 is 0 Å². The van der Waals surface area contributed by atoms with E-state index in [1.807, 2.05) is 31.4 Å². The monoisotopic (exact) mass is 358 g/mol. The molecule has 0 unspecified atom stereocenters. The Balaban J connectivity index is 1.47. The van der Waals surface area contributed by atoms with Gasteiger partial charge in [0.2, 0.25) is 5.91 Å². The van der Waals surface area contributed by atoms with Crippen LogP contribution in [0, 0.1) is 0 Å². The third-order valence-corrected chi connectivity index (χ3v) is 4.77. The lowest BCUT2D eigenvalue weighted by atomic mass is 10.1. The molecule has 1 aliphatic heterocycles. The van der Waals surface area contributed by atoms with Crippen molar-refractivity contribution in [3.63, 3.8) is 0 Å². The van der Waals surface area contributed by atoms with E-state index in [1.54, 1.807) is 23.0 Å². The van der Waals surface area contributed by atoms with Gasteiger partial charge in [-0.1, -0.05) is 36.4 Å². The fraction of sp³-hybridized carbons (Fsp3) is 0.182. The van der Waals surface area contributed by atoms with Crippen molar-refractivity contribution in [1.82, 2.24) is 9.78 Å². The molecule has 0 radical (unpaired) electrons. The van der Waals surface area contributed by atoms with Crippen LogP contribution in [0.5, 0.6) is 0 Å². The van der Waals surface area contributed by atoms with Crippen LogP contribution in [-0.4, -0.2) is 22.2 Å². The Labute approximate surface area is 158 Å². The molecule has 0 fully saturated rings. The summed E-state index contributed by atoms with van der Waals surface area (Å²) >= 11 is 0. The number of para-hydroxylation sites is 2. The maximum Gasteiger partial charge on any atom is 0.248 e. The number of fused-ring (bicyclic) bond motifs is 1. The highest BCUT2D eigenvalue weighted by molar-refractivity contribution is 6.02. The van der Waals surface area contributed by atoms with Gasteiger partial charge in [-0.25, -0.2) is 0 Å². The average molecular weight is 358 g/mol. The van der Waals surface area contributed by atoms with Gasteiger partial charge in [0.15, 0.2) is 0 Å². The van der Waals surface area contributed by atoms with E-state index in [-0.39, 0.29) is 5.91 Å². The van der Waals surface area contributed by atoms with Crippen molar-refractivity contribution in [2.75, 3.05) is 16.8 Å². The lowest BCUT2D eigenvalue weighted by molar-refractivity contribution is -0.111. The fourth-order valence-corrected chi connectivity index (χ4v) is 3.43. The molecule has 3 aromatic rings. The molecule has 5 nitrogen and oxygen atoms in total. The van der Waals surface area contributed by atoms with Gasteiger partial charge in [0.1, 0.15) is 0 Å². The van der Waals surface area contributed by atoms with E-state index in [0.717, 1.165) is 36.3 Å². The van der Waals surface area contributed by atoms with Crippen LogP contribution in [0.1, 0.15) is 16.7 Å². The Hall–Kier alpha value is -3.34. The summed E-state index contributed by atoms with van der Waals surface area (Å²) in [5.41, 5.74) is 5.53. The lowest BCUT2D eigenvalue weighted by Crippen LogP contribution is -2.21. The van der Waals surface area contributed by atoms with Gasteiger partial charge in [-0.05, 0) is 35.8 Å². The minimum Gasteiger partial charge on any atom is -0.367 e. The second-order valence-corrected chi connectivity index (χ2v) is 6.73. The number of aryl methyl sites for hydroxylation is 1. The zero-order chi connectivity index (χ0) is 18.6. The molecular weight excluding hydrogens is 336 g/mol. The van der Waals surface area contributed by atoms with E-state index in [2.05, 4.69) is 45.6 Å². The van der Waals surface area contributed by atoms with Gasteiger partial charge in [0, 0.05) is 49.3 Å². The molecule has 0 aliphatic carbocycles. The molecule has 27 heavy (non-hydrogen) atoms. The number of rotatable bonds is 5. The average Bonchev–Trinajstić information content (AvgIpc) is 3.28. The molecule has 0 bridgehead atoms. The molecule has 4 rings (SSSR count). The quantitative estimate of drug-likeness (QED) is 0.709. The maximum atomic E-state index is 12.3. The molecule has 2 aromatic carbocycles. The number of aromatic nitrogens is 2. The molecule has 5 heteroatoms. The van der Waals surface area contributed by atoms with Crippen molar-refractivity contribution in [3.8, 4) is 0 Å². The van der Waals surface area contributed by atoms with Crippen molar-refractivity contribution >= 4 is 23.4 Å². The highest BCUT2D eigenvalue weighted by atomic mass is 16.1. The molecule has 0 saturated heterocycles. The van der Waals surface area contributed by atoms with Crippen LogP contribution < -0.4 is 10.2 Å². The second-order valence-electron chi connectivity index (χ2n) is 6.73. The number of carbonyl (C=O) groups excluding carboxylic acids is 1. The van der Waals surface area contributed by atoms with Crippen molar-refractivity contribution in [3.05, 3.63) is 83.7 Å². The molecule has 1 aliphatic rings. The Morgan fingerprint density at radius 3 is 2.85 bits per heavy atom. The number of benzene rings is 2. The van der Waals surface area contributed by atoms with Crippen molar-refractivity contribution in [2.45, 2.75) is 13.0 Å². The van der Waals surface area contributed by atoms with Crippen LogP contribution in [0.25, 0.3) is 6.08 Å². The number of amides is 1. The van der Waals surface area contributed by atoms with Crippen molar-refractivity contribution < 1.29 is 4.79 Å². The SMILES string of the molecule is Cn1cc(C=CC(=O)Nc2ccccc2CN2CCc3ccccc32)cn1. The van der Waals surface area contributed by atoms with Gasteiger partial charge in [0.05, 0.1) is 6.20 Å². The Morgan fingerprint density at radius 2 is 2.00 bits per heavy atom. The smallest absolute Gasteiger partial charge is 0.248 e. The van der Waals surface area contributed by atoms with Crippen LogP contribution in [0.4, 0.5) is 11.4 Å². The van der Waals surface area contributed by atoms with E-state index in [9.17, 15) is 4.79 Å². The van der Waals surface area contributed by atoms with Gasteiger partial charge < -0.3 is 10.2 Å². The van der Waals surface area contributed by atoms with E-state index in [0.29, 0.717) is 0 Å². The third-order valence-electron chi connectivity index (χ3n) is 4.77. The summed E-state index contributed by atoms with van der Waals surface area (Å²) in [4.78, 5) is 14.7. The predicted molar refractivity (Wildman–Crippen MR) is 109 cm³/mol. The minimum absolute atomic E-state index is 0.145. The van der Waals surface area contributed by atoms with Crippen molar-refractivity contribution in [1.29, 1.82) is 0 Å². The van der Waals surface area contributed by atoms with Gasteiger partial charge in [-0.2, -0.15) is 5.10 Å². The number of nitrogens with zero attached hydrogens (tertiary/aromatic N) is 3. The van der Waals surface area contributed by atoms with Crippen LogP contribution in [-0.2, 0) is 24.8 Å². The van der Waals surface area contributed by atoms with Gasteiger partial charge in [-0.3, -0.25) is 9.48 Å². The van der Waals surface area contributed by atoms with Gasteiger partial charge in [-0.15, -0.1) is 0 Å². The molecular formula is C22H22N4O. The zero-order valence-corrected chi connectivity index (χ0v) is 15.3. The molecule has 0 spiro atoms. The fourth-order valence-electron chi connectivity index (χ4n) is 3.43. The largest absolute Gasteiger partial charge is 0.367 e. The molecule has 2 heterocycles. The Kier molecular flexibility index (Phi) is 4.75. The highest BCUT2D eigenvalue weighted by Gasteiger charge is 2.19. The van der Waals surface area contributed by atoms with Crippen LogP contribution in [0.3, 0.4) is 0 Å². The summed E-state index contributed by atoms with van der Waals surface area (Å²) < 4.78 is 1.71. The van der Waals surface area contributed by atoms with E-state index < -0.39 is 0 Å². The first-order chi connectivity index (χ1) is 13.2. The van der Waals surface area contributed by atoms with E-state index in [1.165, 1.54) is 11.3 Å². The van der Waals surface area contributed by atoms with E-state index in [4.69, 9.17) is 0 Å². The number of carbonyl (C=O) groups is 1. The molecule has 0 atom stereocenters. The summed E-state index contributed by atoms with van der Waals surface area (Å²) in [7, 11) is 1.85. The Morgan fingerprint density at radius 1 is 1.19 bits per heavy atom. The minimum atomic E-state index is -0.145. The first-order valence-corrected chi connectivity index (χ1v) is 9.07.